The van der Waals surface area contributed by atoms with E-state index in [4.69, 9.17) is 0 Å². The van der Waals surface area contributed by atoms with Crippen LogP contribution in [0.4, 0.5) is 13.2 Å². The first kappa shape index (κ1) is 15.3. The topological polar surface area (TPSA) is 17.1 Å². The summed E-state index contributed by atoms with van der Waals surface area (Å²) in [6.45, 7) is 1.88. The molecule has 0 N–H and O–H groups in total. The second-order valence-electron chi connectivity index (χ2n) is 4.36. The third-order valence-electron chi connectivity index (χ3n) is 2.78. The largest absolute Gasteiger partial charge is 0.416 e. The van der Waals surface area contributed by atoms with Crippen molar-refractivity contribution in [2.45, 2.75) is 19.5 Å². The van der Waals surface area contributed by atoms with Gasteiger partial charge < -0.3 is 0 Å². The van der Waals surface area contributed by atoms with Crippen LogP contribution in [0, 0.1) is 6.92 Å². The smallest absolute Gasteiger partial charge is 0.293 e. The van der Waals surface area contributed by atoms with E-state index >= 15 is 0 Å². The molecule has 2 rings (SSSR count). The fourth-order valence-electron chi connectivity index (χ4n) is 1.68. The van der Waals surface area contributed by atoms with E-state index in [1.807, 2.05) is 6.92 Å². The Balaban J connectivity index is 2.12. The molecule has 20 heavy (non-hydrogen) atoms. The van der Waals surface area contributed by atoms with Crippen LogP contribution in [-0.2, 0) is 12.6 Å². The number of rotatable bonds is 3. The molecule has 2 aromatic rings. The number of alkyl halides is 3. The molecule has 1 aromatic heterocycles. The number of carbonyl (C=O) groups is 1. The summed E-state index contributed by atoms with van der Waals surface area (Å²) >= 11 is 4.68. The molecule has 0 aliphatic heterocycles. The number of hydrogen-bond donors (Lipinski definition) is 0. The van der Waals surface area contributed by atoms with Crippen LogP contribution in [0.5, 0.6) is 0 Å². The van der Waals surface area contributed by atoms with Crippen molar-refractivity contribution in [1.82, 2.24) is 0 Å². The van der Waals surface area contributed by atoms with Crippen molar-refractivity contribution in [3.63, 3.8) is 0 Å². The lowest BCUT2D eigenvalue weighted by Gasteiger charge is -2.07. The van der Waals surface area contributed by atoms with Gasteiger partial charge in [0.2, 0.25) is 0 Å². The number of benzene rings is 1. The third-order valence-corrected chi connectivity index (χ3v) is 4.96. The highest BCUT2D eigenvalue weighted by atomic mass is 79.9. The Kier molecular flexibility index (Phi) is 4.34. The first-order valence-electron chi connectivity index (χ1n) is 5.72. The number of carbonyl (C=O) groups excluding carboxylic acids is 1. The standard InChI is InChI=1S/C14H10BrF3OS/c1-8-6-12(20-13(8)15)11(19)7-9-2-4-10(5-3-9)14(16,17)18/h2-6H,7H2,1H3. The van der Waals surface area contributed by atoms with Crippen molar-refractivity contribution in [2.24, 2.45) is 0 Å². The fourth-order valence-corrected chi connectivity index (χ4v) is 3.15. The van der Waals surface area contributed by atoms with Crippen LogP contribution in [0.15, 0.2) is 34.1 Å². The molecule has 0 amide bonds. The zero-order valence-electron chi connectivity index (χ0n) is 10.4. The predicted molar refractivity (Wildman–Crippen MR) is 76.2 cm³/mol. The van der Waals surface area contributed by atoms with Crippen LogP contribution in [0.2, 0.25) is 0 Å². The second-order valence-corrected chi connectivity index (χ2v) is 6.73. The minimum atomic E-state index is -4.35. The summed E-state index contributed by atoms with van der Waals surface area (Å²) in [6.07, 6.45) is -4.25. The summed E-state index contributed by atoms with van der Waals surface area (Å²) in [4.78, 5) is 12.6. The lowest BCUT2D eigenvalue weighted by molar-refractivity contribution is -0.137. The molecular weight excluding hydrogens is 353 g/mol. The molecule has 0 fully saturated rings. The lowest BCUT2D eigenvalue weighted by atomic mass is 10.1. The van der Waals surface area contributed by atoms with Crippen LogP contribution in [0.1, 0.15) is 26.4 Å². The maximum absolute atomic E-state index is 12.4. The number of halogens is 4. The molecule has 0 aliphatic rings. The van der Waals surface area contributed by atoms with Gasteiger partial charge in [0.1, 0.15) is 0 Å². The minimum absolute atomic E-state index is 0.0939. The van der Waals surface area contributed by atoms with E-state index in [-0.39, 0.29) is 12.2 Å². The molecule has 0 unspecified atom stereocenters. The van der Waals surface area contributed by atoms with Crippen LogP contribution in [-0.4, -0.2) is 5.78 Å². The number of hydrogen-bond acceptors (Lipinski definition) is 2. The Morgan fingerprint density at radius 2 is 1.85 bits per heavy atom. The van der Waals surface area contributed by atoms with E-state index < -0.39 is 11.7 Å². The highest BCUT2D eigenvalue weighted by Crippen LogP contribution is 2.30. The molecule has 0 radical (unpaired) electrons. The zero-order valence-corrected chi connectivity index (χ0v) is 12.8. The Bertz CT molecular complexity index is 609. The third kappa shape index (κ3) is 3.49. The first-order valence-corrected chi connectivity index (χ1v) is 7.33. The van der Waals surface area contributed by atoms with Crippen LogP contribution in [0.3, 0.4) is 0 Å². The minimum Gasteiger partial charge on any atom is -0.293 e. The van der Waals surface area contributed by atoms with Crippen LogP contribution >= 0.6 is 27.3 Å². The van der Waals surface area contributed by atoms with E-state index in [2.05, 4.69) is 15.9 Å². The number of thiophene rings is 1. The monoisotopic (exact) mass is 362 g/mol. The molecular formula is C14H10BrF3OS. The molecule has 0 aliphatic carbocycles. The van der Waals surface area contributed by atoms with Crippen LogP contribution < -0.4 is 0 Å². The van der Waals surface area contributed by atoms with Crippen molar-refractivity contribution < 1.29 is 18.0 Å². The molecule has 106 valence electrons. The van der Waals surface area contributed by atoms with Gasteiger partial charge in [-0.1, -0.05) is 12.1 Å². The summed E-state index contributed by atoms with van der Waals surface area (Å²) in [5.41, 5.74) is 0.847. The summed E-state index contributed by atoms with van der Waals surface area (Å²) in [5, 5.41) is 0. The van der Waals surface area contributed by atoms with Crippen molar-refractivity contribution >= 4 is 33.0 Å². The van der Waals surface area contributed by atoms with Gasteiger partial charge in [-0.25, -0.2) is 0 Å². The van der Waals surface area contributed by atoms with Gasteiger partial charge in [-0.2, -0.15) is 13.2 Å². The number of ketones is 1. The molecule has 1 aromatic carbocycles. The van der Waals surface area contributed by atoms with E-state index in [1.54, 1.807) is 6.07 Å². The van der Waals surface area contributed by atoms with Gasteiger partial charge in [-0.3, -0.25) is 4.79 Å². The average Bonchev–Trinajstić information content (AvgIpc) is 2.69. The Hall–Kier alpha value is -1.14. The number of aryl methyl sites for hydroxylation is 1. The van der Waals surface area contributed by atoms with E-state index in [0.717, 1.165) is 21.5 Å². The second kappa shape index (κ2) is 5.69. The molecule has 0 spiro atoms. The lowest BCUT2D eigenvalue weighted by Crippen LogP contribution is -2.06. The molecule has 1 heterocycles. The van der Waals surface area contributed by atoms with Gasteiger partial charge >= 0.3 is 6.18 Å². The van der Waals surface area contributed by atoms with Gasteiger partial charge in [-0.15, -0.1) is 11.3 Å². The predicted octanol–water partition coefficient (Wildman–Crippen LogP) is 5.26. The maximum atomic E-state index is 12.4. The Morgan fingerprint density at radius 3 is 2.30 bits per heavy atom. The van der Waals surface area contributed by atoms with Crippen LogP contribution in [0.25, 0.3) is 0 Å². The van der Waals surface area contributed by atoms with Gasteiger partial charge in [0.15, 0.2) is 5.78 Å². The molecule has 0 saturated carbocycles. The van der Waals surface area contributed by atoms with Gasteiger partial charge in [0.25, 0.3) is 0 Å². The summed E-state index contributed by atoms with van der Waals surface area (Å²) < 4.78 is 38.2. The molecule has 0 saturated heterocycles. The molecule has 1 nitrogen and oxygen atoms in total. The van der Waals surface area contributed by atoms with Gasteiger partial charge in [0, 0.05) is 6.42 Å². The SMILES string of the molecule is Cc1cc(C(=O)Cc2ccc(C(F)(F)F)cc2)sc1Br. The quantitative estimate of drug-likeness (QED) is 0.680. The molecule has 0 atom stereocenters. The van der Waals surface area contributed by atoms with E-state index in [0.29, 0.717) is 10.4 Å². The van der Waals surface area contributed by atoms with Crippen molar-refractivity contribution in [3.05, 3.63) is 55.7 Å². The van der Waals surface area contributed by atoms with Gasteiger partial charge in [-0.05, 0) is 52.2 Å². The summed E-state index contributed by atoms with van der Waals surface area (Å²) in [5.74, 6) is -0.0939. The van der Waals surface area contributed by atoms with Crippen molar-refractivity contribution in [3.8, 4) is 0 Å². The Labute approximate surface area is 126 Å². The molecule has 0 bridgehead atoms. The highest BCUT2D eigenvalue weighted by Gasteiger charge is 2.30. The Morgan fingerprint density at radius 1 is 1.25 bits per heavy atom. The van der Waals surface area contributed by atoms with Gasteiger partial charge in [0.05, 0.1) is 14.2 Å². The maximum Gasteiger partial charge on any atom is 0.416 e. The summed E-state index contributed by atoms with van der Waals surface area (Å²) in [7, 11) is 0. The first-order chi connectivity index (χ1) is 9.27. The summed E-state index contributed by atoms with van der Waals surface area (Å²) in [6, 6.07) is 6.46. The highest BCUT2D eigenvalue weighted by molar-refractivity contribution is 9.11. The molecule has 6 heteroatoms. The van der Waals surface area contributed by atoms with E-state index in [9.17, 15) is 18.0 Å². The van der Waals surface area contributed by atoms with E-state index in [1.165, 1.54) is 23.5 Å². The fraction of sp³-hybridized carbons (Fsp3) is 0.214. The normalized spacial score (nSPS) is 11.7. The van der Waals surface area contributed by atoms with Crippen molar-refractivity contribution in [1.29, 1.82) is 0 Å². The average molecular weight is 363 g/mol. The zero-order chi connectivity index (χ0) is 14.9. The number of Topliss-reactive ketones (excluding diaryl/α,β-unsaturated/α-hetero) is 1. The van der Waals surface area contributed by atoms with Crippen molar-refractivity contribution in [2.75, 3.05) is 0 Å².